The Balaban J connectivity index is 1.37. The van der Waals surface area contributed by atoms with Crippen LogP contribution in [0.3, 0.4) is 0 Å². The third-order valence-corrected chi connectivity index (χ3v) is 6.46. The van der Waals surface area contributed by atoms with Crippen LogP contribution in [0, 0.1) is 17.8 Å². The topological polar surface area (TPSA) is 41.6 Å². The van der Waals surface area contributed by atoms with Gasteiger partial charge in [0.1, 0.15) is 5.83 Å². The number of hydrogen-bond acceptors (Lipinski definition) is 3. The largest absolute Gasteiger partial charge is 0.498 e. The Morgan fingerprint density at radius 3 is 2.50 bits per heavy atom. The molecule has 1 saturated heterocycles. The third kappa shape index (κ3) is 6.08. The van der Waals surface area contributed by atoms with Gasteiger partial charge in [-0.15, -0.1) is 0 Å². The molecule has 10 heteroatoms. The van der Waals surface area contributed by atoms with Gasteiger partial charge >= 0.3 is 12.1 Å². The number of likely N-dealkylation sites (tertiary alicyclic amines) is 1. The molecule has 3 aliphatic rings. The molecule has 4 nitrogen and oxygen atoms in total. The minimum atomic E-state index is -5.51. The van der Waals surface area contributed by atoms with Crippen molar-refractivity contribution < 1.29 is 35.9 Å². The summed E-state index contributed by atoms with van der Waals surface area (Å²) in [6.07, 6.45) is -0.766. The van der Waals surface area contributed by atoms with Gasteiger partial charge in [-0.2, -0.15) is 22.0 Å². The predicted octanol–water partition coefficient (Wildman–Crippen LogP) is 5.10. The highest BCUT2D eigenvalue weighted by Crippen LogP contribution is 2.50. The van der Waals surface area contributed by atoms with Crippen molar-refractivity contribution in [1.29, 1.82) is 0 Å². The quantitative estimate of drug-likeness (QED) is 0.380. The van der Waals surface area contributed by atoms with Gasteiger partial charge in [0.15, 0.2) is 0 Å². The Bertz CT molecular complexity index is 797. The third-order valence-electron chi connectivity index (χ3n) is 6.46. The zero-order valence-corrected chi connectivity index (χ0v) is 17.9. The number of rotatable bonds is 9. The Morgan fingerprint density at radius 2 is 1.91 bits per heavy atom. The Morgan fingerprint density at radius 1 is 1.25 bits per heavy atom. The summed E-state index contributed by atoms with van der Waals surface area (Å²) in [5.41, 5.74) is 0.576. The van der Waals surface area contributed by atoms with Gasteiger partial charge in [-0.05, 0) is 75.1 Å². The van der Waals surface area contributed by atoms with Gasteiger partial charge in [-0.1, -0.05) is 6.58 Å². The fourth-order valence-electron chi connectivity index (χ4n) is 4.64. The molecule has 0 spiro atoms. The number of hydrogen-bond donors (Lipinski definition) is 1. The number of piperidine rings is 1. The molecule has 0 aromatic carbocycles. The lowest BCUT2D eigenvalue weighted by Gasteiger charge is -2.34. The van der Waals surface area contributed by atoms with E-state index in [9.17, 15) is 31.1 Å². The normalized spacial score (nSPS) is 25.8. The average molecular weight is 466 g/mol. The maximum atomic E-state index is 13.4. The van der Waals surface area contributed by atoms with Gasteiger partial charge < -0.3 is 10.1 Å². The van der Waals surface area contributed by atoms with Gasteiger partial charge in [0.05, 0.1) is 31.0 Å². The molecule has 32 heavy (non-hydrogen) atoms. The Kier molecular flexibility index (Phi) is 7.31. The van der Waals surface area contributed by atoms with Crippen molar-refractivity contribution in [3.8, 4) is 0 Å². The summed E-state index contributed by atoms with van der Waals surface area (Å²) in [7, 11) is 0. The standard InChI is InChI=1S/C22H28F6N2O2/c1-13(9-17-11-19(31)29-20(17)14(2)23)32-8-5-16-10-18(16)15-3-6-30(7-4-15)12-21(24,25)22(26,27)28/h9,15-16,18H,2-8,10-12H2,1H3,(H,29,31)/b13-9+/t16-,18-/m1/s1. The molecule has 2 fully saturated rings. The number of halogens is 6. The molecule has 2 atom stereocenters. The van der Waals surface area contributed by atoms with E-state index in [0.29, 0.717) is 48.5 Å². The van der Waals surface area contributed by atoms with Crippen molar-refractivity contribution in [2.24, 2.45) is 17.8 Å². The molecule has 3 rings (SSSR count). The summed E-state index contributed by atoms with van der Waals surface area (Å²) in [4.78, 5) is 12.7. The molecule has 1 N–H and O–H groups in total. The number of nitrogens with zero attached hydrogens (tertiary/aromatic N) is 1. The molecule has 180 valence electrons. The summed E-state index contributed by atoms with van der Waals surface area (Å²) >= 11 is 0. The van der Waals surface area contributed by atoms with Crippen molar-refractivity contribution in [1.82, 2.24) is 10.2 Å². The van der Waals surface area contributed by atoms with Crippen LogP contribution >= 0.6 is 0 Å². The SMILES string of the molecule is C=C(F)C1=C(/C=C(\C)OCC[C@@H]2C[C@@H]2C2CCN(CC(F)(F)C(F)(F)F)CC2)CC(=O)N1. The van der Waals surface area contributed by atoms with Crippen LogP contribution in [0.1, 0.15) is 39.0 Å². The first-order valence-electron chi connectivity index (χ1n) is 10.7. The van der Waals surface area contributed by atoms with E-state index >= 15 is 0 Å². The number of ether oxygens (including phenoxy) is 1. The summed E-state index contributed by atoms with van der Waals surface area (Å²) in [6, 6.07) is 0. The number of carbonyl (C=O) groups excluding carboxylic acids is 1. The van der Waals surface area contributed by atoms with Gasteiger partial charge in [-0.25, -0.2) is 4.39 Å². The molecular weight excluding hydrogens is 438 g/mol. The lowest BCUT2D eigenvalue weighted by molar-refractivity contribution is -0.287. The number of amides is 1. The van der Waals surface area contributed by atoms with Crippen molar-refractivity contribution in [2.75, 3.05) is 26.2 Å². The van der Waals surface area contributed by atoms with Gasteiger partial charge in [0, 0.05) is 0 Å². The highest BCUT2D eigenvalue weighted by Gasteiger charge is 2.58. The van der Waals surface area contributed by atoms with E-state index in [-0.39, 0.29) is 31.1 Å². The van der Waals surface area contributed by atoms with E-state index in [4.69, 9.17) is 4.74 Å². The van der Waals surface area contributed by atoms with Gasteiger partial charge in [0.25, 0.3) is 0 Å². The Hall–Kier alpha value is -1.97. The highest BCUT2D eigenvalue weighted by molar-refractivity contribution is 5.86. The molecule has 0 unspecified atom stereocenters. The zero-order valence-electron chi connectivity index (χ0n) is 17.9. The number of nitrogens with one attached hydrogen (secondary N) is 1. The lowest BCUT2D eigenvalue weighted by Crippen LogP contribution is -2.49. The molecule has 1 saturated carbocycles. The summed E-state index contributed by atoms with van der Waals surface area (Å²) in [5.74, 6) is -3.88. The lowest BCUT2D eigenvalue weighted by atomic mass is 9.90. The second-order valence-corrected chi connectivity index (χ2v) is 8.90. The summed E-state index contributed by atoms with van der Waals surface area (Å²) < 4.78 is 82.7. The minimum absolute atomic E-state index is 0.0667. The number of allylic oxidation sites excluding steroid dienone is 3. The van der Waals surface area contributed by atoms with Gasteiger partial charge in [0.2, 0.25) is 5.91 Å². The van der Waals surface area contributed by atoms with Crippen LogP contribution in [0.5, 0.6) is 0 Å². The van der Waals surface area contributed by atoms with Crippen LogP contribution in [0.4, 0.5) is 26.3 Å². The monoisotopic (exact) mass is 466 g/mol. The minimum Gasteiger partial charge on any atom is -0.498 e. The molecule has 0 aromatic rings. The maximum Gasteiger partial charge on any atom is 0.454 e. The van der Waals surface area contributed by atoms with Crippen LogP contribution in [0.2, 0.25) is 0 Å². The van der Waals surface area contributed by atoms with Gasteiger partial charge in [-0.3, -0.25) is 9.69 Å². The number of alkyl halides is 5. The van der Waals surface area contributed by atoms with Crippen molar-refractivity contribution >= 4 is 5.91 Å². The van der Waals surface area contributed by atoms with E-state index in [0.717, 1.165) is 12.8 Å². The van der Waals surface area contributed by atoms with E-state index in [1.165, 1.54) is 4.90 Å². The zero-order chi connectivity index (χ0) is 23.7. The molecule has 0 aromatic heterocycles. The highest BCUT2D eigenvalue weighted by atomic mass is 19.4. The second kappa shape index (κ2) is 9.49. The Labute approximate surface area is 183 Å². The maximum absolute atomic E-state index is 13.4. The average Bonchev–Trinajstić information content (AvgIpc) is 3.34. The van der Waals surface area contributed by atoms with Crippen molar-refractivity contribution in [3.05, 3.63) is 35.5 Å². The first-order chi connectivity index (χ1) is 14.9. The van der Waals surface area contributed by atoms with Crippen molar-refractivity contribution in [3.63, 3.8) is 0 Å². The molecular formula is C22H28F6N2O2. The molecule has 2 heterocycles. The van der Waals surface area contributed by atoms with Crippen molar-refractivity contribution in [2.45, 2.75) is 51.1 Å². The number of carbonyl (C=O) groups is 1. The summed E-state index contributed by atoms with van der Waals surface area (Å²) in [6.45, 7) is 4.63. The molecule has 1 aliphatic carbocycles. The van der Waals surface area contributed by atoms with Crippen LogP contribution < -0.4 is 5.32 Å². The fourth-order valence-corrected chi connectivity index (χ4v) is 4.64. The van der Waals surface area contributed by atoms with E-state index in [1.807, 2.05) is 0 Å². The predicted molar refractivity (Wildman–Crippen MR) is 106 cm³/mol. The molecule has 2 aliphatic heterocycles. The van der Waals surface area contributed by atoms with E-state index < -0.39 is 24.5 Å². The van der Waals surface area contributed by atoms with Crippen LogP contribution in [-0.4, -0.2) is 49.1 Å². The molecule has 0 bridgehead atoms. The molecule has 1 amide bonds. The molecule has 0 radical (unpaired) electrons. The second-order valence-electron chi connectivity index (χ2n) is 8.90. The van der Waals surface area contributed by atoms with Crippen LogP contribution in [0.15, 0.2) is 35.5 Å². The van der Waals surface area contributed by atoms with Crippen LogP contribution in [-0.2, 0) is 9.53 Å². The smallest absolute Gasteiger partial charge is 0.454 e. The summed E-state index contributed by atoms with van der Waals surface area (Å²) in [5, 5.41) is 2.42. The van der Waals surface area contributed by atoms with E-state index in [1.54, 1.807) is 13.0 Å². The fraction of sp³-hybridized carbons (Fsp3) is 0.682. The van der Waals surface area contributed by atoms with Crippen LogP contribution in [0.25, 0.3) is 0 Å². The first kappa shape index (κ1) is 24.7. The first-order valence-corrected chi connectivity index (χ1v) is 10.7. The van der Waals surface area contributed by atoms with E-state index in [2.05, 4.69) is 11.9 Å².